The molecule has 0 aromatic heterocycles. The number of Topliss-reactive ketones (excluding diaryl/α,β-unsaturated/α-hetero) is 1. The molecule has 0 amide bonds. The number of rotatable bonds is 10. The Morgan fingerprint density at radius 3 is 1.36 bits per heavy atom. The monoisotopic (exact) mass is 651 g/mol. The van der Waals surface area contributed by atoms with E-state index in [4.69, 9.17) is 48.4 Å². The quantitative estimate of drug-likeness (QED) is 0.203. The molecule has 45 heavy (non-hydrogen) atoms. The number of carbonyl (C=O) groups excluding carboxylic acids is 7. The van der Waals surface area contributed by atoms with Crippen LogP contribution in [-0.4, -0.2) is 121 Å². The fourth-order valence-electron chi connectivity index (χ4n) is 4.19. The van der Waals surface area contributed by atoms with Crippen molar-refractivity contribution in [1.82, 2.24) is 0 Å². The normalized spacial score (nSPS) is 30.7. The minimum absolute atomic E-state index is 0.167. The summed E-state index contributed by atoms with van der Waals surface area (Å²) in [5.74, 6) is -4.56. The zero-order valence-corrected chi connectivity index (χ0v) is 26.2. The van der Waals surface area contributed by atoms with Crippen molar-refractivity contribution in [3.8, 4) is 0 Å². The van der Waals surface area contributed by atoms with E-state index in [0.29, 0.717) is 0 Å². The van der Waals surface area contributed by atoms with Crippen LogP contribution in [0, 0.1) is 0 Å². The van der Waals surface area contributed by atoms with Crippen LogP contribution in [0.25, 0.3) is 0 Å². The van der Waals surface area contributed by atoms with Crippen molar-refractivity contribution in [2.45, 2.75) is 117 Å². The lowest BCUT2D eigenvalue weighted by molar-refractivity contribution is -0.346. The van der Waals surface area contributed by atoms with E-state index in [9.17, 15) is 38.7 Å². The number of esters is 6. The van der Waals surface area contributed by atoms with Crippen LogP contribution in [0.4, 0.5) is 0 Å². The van der Waals surface area contributed by atoms with Crippen molar-refractivity contribution in [2.24, 2.45) is 5.73 Å². The SMILES string of the molecule is CC(=O)OCC1OC(OC(C)=O)C(N)C(OC(C)=O)C1OC1OC(COC(C)=O)C(OC(C)=O)C(OC(C)=O)C1O.CC(C)=O. The van der Waals surface area contributed by atoms with E-state index in [1.165, 1.54) is 13.8 Å². The van der Waals surface area contributed by atoms with Crippen LogP contribution in [0.2, 0.25) is 0 Å². The summed E-state index contributed by atoms with van der Waals surface area (Å²) in [5.41, 5.74) is 6.19. The number of aliphatic hydroxyl groups excluding tert-OH is 1. The Kier molecular flexibility index (Phi) is 16.0. The molecule has 0 radical (unpaired) electrons. The van der Waals surface area contributed by atoms with E-state index in [1.54, 1.807) is 0 Å². The minimum Gasteiger partial charge on any atom is -0.463 e. The van der Waals surface area contributed by atoms with Crippen LogP contribution in [0.5, 0.6) is 0 Å². The Bertz CT molecular complexity index is 1080. The second kappa shape index (κ2) is 18.3. The predicted molar refractivity (Wildman–Crippen MR) is 144 cm³/mol. The fourth-order valence-corrected chi connectivity index (χ4v) is 4.19. The molecule has 3 N–H and O–H groups in total. The molecule has 2 saturated heterocycles. The Labute approximate surface area is 259 Å². The number of ether oxygens (including phenoxy) is 9. The van der Waals surface area contributed by atoms with Gasteiger partial charge in [-0.1, -0.05) is 0 Å². The average molecular weight is 652 g/mol. The van der Waals surface area contributed by atoms with Crippen LogP contribution >= 0.6 is 0 Å². The van der Waals surface area contributed by atoms with Gasteiger partial charge in [-0.05, 0) is 13.8 Å². The summed E-state index contributed by atoms with van der Waals surface area (Å²) in [6.45, 7) is 8.52. The van der Waals surface area contributed by atoms with Crippen LogP contribution in [-0.2, 0) is 76.2 Å². The first-order chi connectivity index (χ1) is 20.8. The number of hydrogen-bond acceptors (Lipinski definition) is 18. The van der Waals surface area contributed by atoms with Gasteiger partial charge in [-0.25, -0.2) is 0 Å². The molecule has 10 unspecified atom stereocenters. The lowest BCUT2D eigenvalue weighted by Gasteiger charge is -2.47. The third-order valence-electron chi connectivity index (χ3n) is 5.69. The predicted octanol–water partition coefficient (Wildman–Crippen LogP) is -1.41. The molecule has 18 nitrogen and oxygen atoms in total. The van der Waals surface area contributed by atoms with E-state index in [-0.39, 0.29) is 5.78 Å². The van der Waals surface area contributed by atoms with Gasteiger partial charge in [-0.2, -0.15) is 0 Å². The van der Waals surface area contributed by atoms with Gasteiger partial charge in [0.15, 0.2) is 24.6 Å². The maximum atomic E-state index is 12.0. The Balaban J connectivity index is 0.00000238. The molecular weight excluding hydrogens is 610 g/mol. The Morgan fingerprint density at radius 2 is 0.933 bits per heavy atom. The Hall–Kier alpha value is -3.71. The minimum atomic E-state index is -1.84. The second-order valence-corrected chi connectivity index (χ2v) is 10.1. The van der Waals surface area contributed by atoms with Gasteiger partial charge in [0, 0.05) is 41.5 Å². The molecular formula is C27H41NO17. The molecule has 2 fully saturated rings. The molecule has 18 heteroatoms. The van der Waals surface area contributed by atoms with Crippen molar-refractivity contribution in [3.05, 3.63) is 0 Å². The van der Waals surface area contributed by atoms with Gasteiger partial charge < -0.3 is 58.3 Å². The second-order valence-electron chi connectivity index (χ2n) is 10.1. The summed E-state index contributed by atoms with van der Waals surface area (Å²) in [5, 5.41) is 11.1. The molecule has 2 heterocycles. The first-order valence-electron chi connectivity index (χ1n) is 13.7. The standard InChI is InChI=1S/C24H35NO16.C3H6O/c1-9(26)33-7-15-19(21(36-12(4)29)17(25)23(39-15)38-14(6)31)41-24-18(32)22(37-13(5)30)20(35-11(3)28)16(40-24)8-34-10(2)27;1-3(2)4/h15-24,32H,7-8,25H2,1-6H3;1-2H3. The maximum Gasteiger partial charge on any atom is 0.304 e. The molecule has 256 valence electrons. The van der Waals surface area contributed by atoms with Gasteiger partial charge in [-0.3, -0.25) is 28.8 Å². The number of nitrogens with two attached hydrogens (primary N) is 1. The van der Waals surface area contributed by atoms with E-state index in [0.717, 1.165) is 41.5 Å². The van der Waals surface area contributed by atoms with Crippen LogP contribution in [0.3, 0.4) is 0 Å². The van der Waals surface area contributed by atoms with Crippen molar-refractivity contribution >= 4 is 41.6 Å². The number of carbonyl (C=O) groups is 7. The molecule has 0 aromatic carbocycles. The lowest BCUT2D eigenvalue weighted by Crippen LogP contribution is -2.68. The average Bonchev–Trinajstić information content (AvgIpc) is 2.88. The van der Waals surface area contributed by atoms with Gasteiger partial charge >= 0.3 is 35.8 Å². The van der Waals surface area contributed by atoms with Gasteiger partial charge in [0.05, 0.1) is 0 Å². The lowest BCUT2D eigenvalue weighted by atomic mass is 9.95. The molecule has 0 spiro atoms. The van der Waals surface area contributed by atoms with Crippen molar-refractivity contribution in [1.29, 1.82) is 0 Å². The molecule has 2 aliphatic rings. The smallest absolute Gasteiger partial charge is 0.304 e. The zero-order chi connectivity index (χ0) is 34.6. The molecule has 2 rings (SSSR count). The molecule has 0 aliphatic carbocycles. The number of aliphatic hydroxyl groups is 1. The van der Waals surface area contributed by atoms with Crippen molar-refractivity contribution < 1.29 is 81.3 Å². The summed E-state index contributed by atoms with van der Waals surface area (Å²) >= 11 is 0. The highest BCUT2D eigenvalue weighted by atomic mass is 16.8. The third kappa shape index (κ3) is 13.4. The summed E-state index contributed by atoms with van der Waals surface area (Å²) in [6.07, 6.45) is -13.6. The molecule has 0 bridgehead atoms. The van der Waals surface area contributed by atoms with Crippen LogP contribution in [0.1, 0.15) is 55.4 Å². The van der Waals surface area contributed by atoms with Gasteiger partial charge in [0.1, 0.15) is 49.5 Å². The summed E-state index contributed by atoms with van der Waals surface area (Å²) < 4.78 is 48.4. The highest BCUT2D eigenvalue weighted by molar-refractivity contribution is 5.72. The Morgan fingerprint density at radius 1 is 0.556 bits per heavy atom. The van der Waals surface area contributed by atoms with Crippen LogP contribution < -0.4 is 5.73 Å². The molecule has 0 saturated carbocycles. The third-order valence-corrected chi connectivity index (χ3v) is 5.69. The highest BCUT2D eigenvalue weighted by Gasteiger charge is 2.55. The van der Waals surface area contributed by atoms with Gasteiger partial charge in [0.2, 0.25) is 6.29 Å². The van der Waals surface area contributed by atoms with E-state index >= 15 is 0 Å². The first-order valence-corrected chi connectivity index (χ1v) is 13.7. The first kappa shape index (κ1) is 39.3. The fraction of sp³-hybridized carbons (Fsp3) is 0.741. The zero-order valence-electron chi connectivity index (χ0n) is 26.2. The summed E-state index contributed by atoms with van der Waals surface area (Å²) in [7, 11) is 0. The number of ketones is 1. The van der Waals surface area contributed by atoms with Crippen molar-refractivity contribution in [3.63, 3.8) is 0 Å². The van der Waals surface area contributed by atoms with E-state index in [2.05, 4.69) is 0 Å². The largest absolute Gasteiger partial charge is 0.463 e. The molecule has 0 aromatic rings. The van der Waals surface area contributed by atoms with E-state index in [1.807, 2.05) is 0 Å². The highest BCUT2D eigenvalue weighted by Crippen LogP contribution is 2.33. The maximum absolute atomic E-state index is 12.0. The van der Waals surface area contributed by atoms with Crippen LogP contribution in [0.15, 0.2) is 0 Å². The summed E-state index contributed by atoms with van der Waals surface area (Å²) in [4.78, 5) is 79.8. The molecule has 10 atom stereocenters. The van der Waals surface area contributed by atoms with E-state index < -0.39 is 110 Å². The topological polar surface area (TPSA) is 249 Å². The number of hydrogen-bond donors (Lipinski definition) is 2. The van der Waals surface area contributed by atoms with Crippen molar-refractivity contribution in [2.75, 3.05) is 13.2 Å². The van der Waals surface area contributed by atoms with Gasteiger partial charge in [0.25, 0.3) is 0 Å². The summed E-state index contributed by atoms with van der Waals surface area (Å²) in [6, 6.07) is -1.34. The van der Waals surface area contributed by atoms with Gasteiger partial charge in [-0.15, -0.1) is 0 Å². The molecule has 2 aliphatic heterocycles.